The molecule has 0 saturated carbocycles. The maximum absolute atomic E-state index is 11.2. The van der Waals surface area contributed by atoms with E-state index >= 15 is 0 Å². The van der Waals surface area contributed by atoms with Crippen LogP contribution in [0, 0.1) is 0 Å². The highest BCUT2D eigenvalue weighted by molar-refractivity contribution is 6.30. The monoisotopic (exact) mass is 333 g/mol. The lowest BCUT2D eigenvalue weighted by Gasteiger charge is -2.16. The fourth-order valence-electron chi connectivity index (χ4n) is 2.32. The van der Waals surface area contributed by atoms with Crippen LogP contribution in [0.25, 0.3) is 0 Å². The van der Waals surface area contributed by atoms with E-state index in [0.717, 1.165) is 16.9 Å². The van der Waals surface area contributed by atoms with Gasteiger partial charge in [-0.05, 0) is 48.2 Å². The highest BCUT2D eigenvalue weighted by Gasteiger charge is 2.12. The smallest absolute Gasteiger partial charge is 0.243 e. The van der Waals surface area contributed by atoms with E-state index < -0.39 is 5.91 Å². The normalized spacial score (nSPS) is 13.2. The van der Waals surface area contributed by atoms with Gasteiger partial charge in [0.15, 0.2) is 0 Å². The molecule has 0 aliphatic carbocycles. The lowest BCUT2D eigenvalue weighted by molar-refractivity contribution is -0.129. The first kappa shape index (κ1) is 17.3. The Bertz CT molecular complexity index is 640. The van der Waals surface area contributed by atoms with Gasteiger partial charge in [-0.15, -0.1) is 0 Å². The molecule has 2 atom stereocenters. The van der Waals surface area contributed by atoms with Gasteiger partial charge in [-0.3, -0.25) is 10.0 Å². The Labute approximate surface area is 141 Å². The second-order valence-electron chi connectivity index (χ2n) is 5.52. The van der Waals surface area contributed by atoms with E-state index in [1.807, 2.05) is 62.4 Å². The molecular weight excluding hydrogens is 314 g/mol. The molecule has 0 bridgehead atoms. The number of halogens is 1. The summed E-state index contributed by atoms with van der Waals surface area (Å²) in [5.41, 5.74) is 3.71. The topological polar surface area (TPSA) is 58.6 Å². The number of hydroxylamine groups is 1. The molecule has 122 valence electrons. The molecule has 0 aliphatic heterocycles. The largest absolute Gasteiger partial charge is 0.486 e. The van der Waals surface area contributed by atoms with Crippen LogP contribution >= 0.6 is 11.6 Å². The van der Waals surface area contributed by atoms with E-state index in [0.29, 0.717) is 5.02 Å². The van der Waals surface area contributed by atoms with E-state index in [1.54, 1.807) is 5.48 Å². The van der Waals surface area contributed by atoms with Gasteiger partial charge < -0.3 is 4.74 Å². The summed E-state index contributed by atoms with van der Waals surface area (Å²) in [6.07, 6.45) is 0.147. The first-order valence-corrected chi connectivity index (χ1v) is 7.82. The summed E-state index contributed by atoms with van der Waals surface area (Å²) in [4.78, 5) is 11.2. The van der Waals surface area contributed by atoms with Crippen molar-refractivity contribution in [2.75, 3.05) is 0 Å². The minimum absolute atomic E-state index is 0.0184. The third-order valence-electron chi connectivity index (χ3n) is 3.72. The van der Waals surface area contributed by atoms with Crippen molar-refractivity contribution in [1.82, 2.24) is 5.48 Å². The van der Waals surface area contributed by atoms with E-state index in [-0.39, 0.29) is 18.4 Å². The molecule has 2 aromatic rings. The SMILES string of the molecule is CC(CC(=O)NO)c1ccc(OC(C)c2ccc(Cl)cc2)cc1. The molecule has 0 heterocycles. The van der Waals surface area contributed by atoms with Crippen molar-refractivity contribution in [1.29, 1.82) is 0 Å². The summed E-state index contributed by atoms with van der Waals surface area (Å²) >= 11 is 5.89. The molecule has 0 fully saturated rings. The fraction of sp³-hybridized carbons (Fsp3) is 0.278. The molecule has 2 rings (SSSR count). The van der Waals surface area contributed by atoms with Gasteiger partial charge in [0.2, 0.25) is 5.91 Å². The van der Waals surface area contributed by atoms with E-state index in [4.69, 9.17) is 21.5 Å². The zero-order chi connectivity index (χ0) is 16.8. The lowest BCUT2D eigenvalue weighted by Crippen LogP contribution is -2.20. The van der Waals surface area contributed by atoms with Gasteiger partial charge in [0.25, 0.3) is 0 Å². The Morgan fingerprint density at radius 1 is 1.09 bits per heavy atom. The minimum Gasteiger partial charge on any atom is -0.486 e. The zero-order valence-electron chi connectivity index (χ0n) is 13.1. The highest BCUT2D eigenvalue weighted by atomic mass is 35.5. The Morgan fingerprint density at radius 3 is 2.22 bits per heavy atom. The van der Waals surface area contributed by atoms with Crippen LogP contribution in [0.1, 0.15) is 43.4 Å². The molecule has 23 heavy (non-hydrogen) atoms. The van der Waals surface area contributed by atoms with E-state index in [1.165, 1.54) is 0 Å². The number of carbonyl (C=O) groups excluding carboxylic acids is 1. The molecule has 2 unspecified atom stereocenters. The third kappa shape index (κ3) is 4.98. The summed E-state index contributed by atoms with van der Waals surface area (Å²) in [6.45, 7) is 3.91. The highest BCUT2D eigenvalue weighted by Crippen LogP contribution is 2.26. The molecule has 4 nitrogen and oxygen atoms in total. The van der Waals surface area contributed by atoms with Crippen molar-refractivity contribution in [3.05, 3.63) is 64.7 Å². The van der Waals surface area contributed by atoms with Gasteiger partial charge in [-0.25, -0.2) is 5.48 Å². The van der Waals surface area contributed by atoms with Crippen molar-refractivity contribution in [3.8, 4) is 5.75 Å². The number of amides is 1. The zero-order valence-corrected chi connectivity index (χ0v) is 13.9. The number of carbonyl (C=O) groups is 1. The Hall–Kier alpha value is -2.04. The van der Waals surface area contributed by atoms with E-state index in [9.17, 15) is 4.79 Å². The van der Waals surface area contributed by atoms with Gasteiger partial charge in [0, 0.05) is 11.4 Å². The van der Waals surface area contributed by atoms with Crippen LogP contribution in [-0.4, -0.2) is 11.1 Å². The average Bonchev–Trinajstić information content (AvgIpc) is 2.55. The molecule has 5 heteroatoms. The Kier molecular flexibility index (Phi) is 6.02. The molecular formula is C18H20ClNO3. The molecule has 0 aliphatic rings. The maximum Gasteiger partial charge on any atom is 0.243 e. The van der Waals surface area contributed by atoms with Gasteiger partial charge in [-0.1, -0.05) is 42.8 Å². The van der Waals surface area contributed by atoms with Gasteiger partial charge in [0.1, 0.15) is 11.9 Å². The number of benzene rings is 2. The average molecular weight is 334 g/mol. The standard InChI is InChI=1S/C18H20ClNO3/c1-12(11-18(21)20-22)14-5-9-17(10-6-14)23-13(2)15-3-7-16(19)8-4-15/h3-10,12-13,22H,11H2,1-2H3,(H,20,21). The third-order valence-corrected chi connectivity index (χ3v) is 3.97. The fourth-order valence-corrected chi connectivity index (χ4v) is 2.45. The van der Waals surface area contributed by atoms with Crippen molar-refractivity contribution >= 4 is 17.5 Å². The van der Waals surface area contributed by atoms with Crippen molar-refractivity contribution < 1.29 is 14.7 Å². The summed E-state index contributed by atoms with van der Waals surface area (Å²) in [5, 5.41) is 9.27. The Morgan fingerprint density at radius 2 is 1.65 bits per heavy atom. The predicted molar refractivity (Wildman–Crippen MR) is 89.9 cm³/mol. The lowest BCUT2D eigenvalue weighted by atomic mass is 9.97. The van der Waals surface area contributed by atoms with Crippen LogP contribution in [0.5, 0.6) is 5.75 Å². The molecule has 0 spiro atoms. The maximum atomic E-state index is 11.2. The Balaban J connectivity index is 1.99. The van der Waals surface area contributed by atoms with Crippen LogP contribution < -0.4 is 10.2 Å². The van der Waals surface area contributed by atoms with Crippen LogP contribution in [0.15, 0.2) is 48.5 Å². The molecule has 2 N–H and O–H groups in total. The van der Waals surface area contributed by atoms with Crippen LogP contribution in [0.2, 0.25) is 5.02 Å². The van der Waals surface area contributed by atoms with Crippen molar-refractivity contribution in [3.63, 3.8) is 0 Å². The van der Waals surface area contributed by atoms with Gasteiger partial charge in [-0.2, -0.15) is 0 Å². The van der Waals surface area contributed by atoms with Gasteiger partial charge in [0.05, 0.1) is 0 Å². The van der Waals surface area contributed by atoms with Crippen LogP contribution in [0.3, 0.4) is 0 Å². The van der Waals surface area contributed by atoms with Crippen LogP contribution in [0.4, 0.5) is 0 Å². The number of nitrogens with one attached hydrogen (secondary N) is 1. The predicted octanol–water partition coefficient (Wildman–Crippen LogP) is 4.48. The van der Waals surface area contributed by atoms with Gasteiger partial charge >= 0.3 is 0 Å². The van der Waals surface area contributed by atoms with Crippen molar-refractivity contribution in [2.45, 2.75) is 32.3 Å². The molecule has 0 aromatic heterocycles. The summed E-state index contributed by atoms with van der Waals surface area (Å²) in [6, 6.07) is 15.2. The van der Waals surface area contributed by atoms with Crippen molar-refractivity contribution in [2.24, 2.45) is 0 Å². The van der Waals surface area contributed by atoms with Crippen LogP contribution in [-0.2, 0) is 4.79 Å². The number of rotatable bonds is 6. The second kappa shape index (κ2) is 7.99. The first-order valence-electron chi connectivity index (χ1n) is 7.44. The quantitative estimate of drug-likeness (QED) is 0.605. The number of hydrogen-bond donors (Lipinski definition) is 2. The number of ether oxygens (including phenoxy) is 1. The first-order chi connectivity index (χ1) is 11.0. The molecule has 0 radical (unpaired) electrons. The summed E-state index contributed by atoms with van der Waals surface area (Å²) in [5.74, 6) is 0.383. The minimum atomic E-state index is -0.394. The molecule has 0 saturated heterocycles. The molecule has 2 aromatic carbocycles. The second-order valence-corrected chi connectivity index (χ2v) is 5.96. The van der Waals surface area contributed by atoms with E-state index in [2.05, 4.69) is 0 Å². The number of hydrogen-bond acceptors (Lipinski definition) is 3. The summed E-state index contributed by atoms with van der Waals surface area (Å²) in [7, 11) is 0. The summed E-state index contributed by atoms with van der Waals surface area (Å²) < 4.78 is 5.91. The molecule has 1 amide bonds.